The van der Waals surface area contributed by atoms with Crippen molar-refractivity contribution in [2.75, 3.05) is 17.3 Å². The fourth-order valence-corrected chi connectivity index (χ4v) is 3.53. The van der Waals surface area contributed by atoms with Gasteiger partial charge in [0, 0.05) is 18.5 Å². The van der Waals surface area contributed by atoms with Gasteiger partial charge in [0.25, 0.3) is 0 Å². The lowest BCUT2D eigenvalue weighted by Gasteiger charge is -2.25. The molecule has 1 aromatic heterocycles. The van der Waals surface area contributed by atoms with Crippen molar-refractivity contribution in [3.63, 3.8) is 0 Å². The summed E-state index contributed by atoms with van der Waals surface area (Å²) in [6.07, 6.45) is 2.07. The third-order valence-corrected chi connectivity index (χ3v) is 4.55. The first-order valence-electron chi connectivity index (χ1n) is 9.05. The summed E-state index contributed by atoms with van der Waals surface area (Å²) in [6, 6.07) is 8.35. The molecular formula is C21H27FN3O2+. The SMILES string of the molecule is CC(C)(C)OC(=O)N1CC(C)(C)c2c1cc(Cc1ccc(F)cc1)c[n+]2N. The van der Waals surface area contributed by atoms with E-state index in [-0.39, 0.29) is 17.3 Å². The minimum absolute atomic E-state index is 0.264. The highest BCUT2D eigenvalue weighted by Crippen LogP contribution is 2.39. The molecule has 0 atom stereocenters. The summed E-state index contributed by atoms with van der Waals surface area (Å²) in [7, 11) is 0. The molecule has 5 nitrogen and oxygen atoms in total. The van der Waals surface area contributed by atoms with Crippen molar-refractivity contribution in [3.8, 4) is 0 Å². The van der Waals surface area contributed by atoms with Crippen molar-refractivity contribution in [2.45, 2.75) is 52.1 Å². The number of nitrogen functional groups attached to an aromatic ring is 1. The Morgan fingerprint density at radius 3 is 2.48 bits per heavy atom. The molecule has 2 heterocycles. The van der Waals surface area contributed by atoms with Crippen molar-refractivity contribution >= 4 is 11.8 Å². The molecule has 144 valence electrons. The van der Waals surface area contributed by atoms with E-state index in [0.29, 0.717) is 13.0 Å². The minimum Gasteiger partial charge on any atom is -0.443 e. The highest BCUT2D eigenvalue weighted by molar-refractivity contribution is 5.90. The lowest BCUT2D eigenvalue weighted by atomic mass is 9.90. The third-order valence-electron chi connectivity index (χ3n) is 4.55. The lowest BCUT2D eigenvalue weighted by Crippen LogP contribution is -2.51. The Hall–Kier alpha value is -2.63. The van der Waals surface area contributed by atoms with E-state index in [2.05, 4.69) is 13.8 Å². The number of nitrogens with two attached hydrogens (primary N) is 1. The molecule has 0 radical (unpaired) electrons. The van der Waals surface area contributed by atoms with Crippen LogP contribution in [0, 0.1) is 5.82 Å². The van der Waals surface area contributed by atoms with Crippen LogP contribution in [0.5, 0.6) is 0 Å². The molecule has 0 saturated heterocycles. The summed E-state index contributed by atoms with van der Waals surface area (Å²) < 4.78 is 20.3. The van der Waals surface area contributed by atoms with Gasteiger partial charge in [-0.25, -0.2) is 15.0 Å². The van der Waals surface area contributed by atoms with Gasteiger partial charge in [0.1, 0.15) is 17.1 Å². The second-order valence-corrected chi connectivity index (χ2v) is 8.74. The van der Waals surface area contributed by atoms with E-state index in [9.17, 15) is 9.18 Å². The summed E-state index contributed by atoms with van der Waals surface area (Å²) in [4.78, 5) is 14.4. The number of benzene rings is 1. The predicted octanol–water partition coefficient (Wildman–Crippen LogP) is 3.45. The fourth-order valence-electron chi connectivity index (χ4n) is 3.53. The number of rotatable bonds is 2. The van der Waals surface area contributed by atoms with Crippen LogP contribution in [0.3, 0.4) is 0 Å². The molecule has 1 aliphatic heterocycles. The Morgan fingerprint density at radius 2 is 1.89 bits per heavy atom. The smallest absolute Gasteiger partial charge is 0.415 e. The number of carbonyl (C=O) groups is 1. The Bertz CT molecular complexity index is 870. The highest BCUT2D eigenvalue weighted by Gasteiger charge is 2.47. The van der Waals surface area contributed by atoms with Crippen LogP contribution in [0.4, 0.5) is 14.9 Å². The molecule has 0 fully saturated rings. The topological polar surface area (TPSA) is 59.4 Å². The average Bonchev–Trinajstić information content (AvgIpc) is 2.80. The van der Waals surface area contributed by atoms with Gasteiger partial charge in [-0.2, -0.15) is 0 Å². The molecule has 27 heavy (non-hydrogen) atoms. The van der Waals surface area contributed by atoms with E-state index in [1.165, 1.54) is 12.1 Å². The molecule has 0 unspecified atom stereocenters. The molecule has 1 aromatic carbocycles. The third kappa shape index (κ3) is 4.04. The van der Waals surface area contributed by atoms with Gasteiger partial charge in [0.05, 0.1) is 5.41 Å². The van der Waals surface area contributed by atoms with E-state index >= 15 is 0 Å². The lowest BCUT2D eigenvalue weighted by molar-refractivity contribution is -0.649. The van der Waals surface area contributed by atoms with Crippen LogP contribution >= 0.6 is 0 Å². The van der Waals surface area contributed by atoms with Gasteiger partial charge < -0.3 is 4.74 Å². The summed E-state index contributed by atoms with van der Waals surface area (Å²) in [5.74, 6) is 6.03. The quantitative estimate of drug-likeness (QED) is 0.649. The zero-order valence-electron chi connectivity index (χ0n) is 16.5. The first kappa shape index (κ1) is 19.1. The molecule has 0 spiro atoms. The molecule has 3 rings (SSSR count). The van der Waals surface area contributed by atoms with E-state index in [1.54, 1.807) is 21.7 Å². The van der Waals surface area contributed by atoms with E-state index in [0.717, 1.165) is 22.5 Å². The second kappa shape index (κ2) is 6.51. The largest absolute Gasteiger partial charge is 0.443 e. The van der Waals surface area contributed by atoms with Crippen LogP contribution in [0.1, 0.15) is 51.4 Å². The van der Waals surface area contributed by atoms with Gasteiger partial charge in [-0.3, -0.25) is 4.90 Å². The number of pyridine rings is 1. The van der Waals surface area contributed by atoms with Gasteiger partial charge >= 0.3 is 6.09 Å². The van der Waals surface area contributed by atoms with Crippen LogP contribution in [0.25, 0.3) is 0 Å². The molecule has 0 aliphatic carbocycles. The first-order chi connectivity index (χ1) is 12.5. The Kier molecular flexibility index (Phi) is 4.62. The van der Waals surface area contributed by atoms with Gasteiger partial charge in [0.15, 0.2) is 0 Å². The number of hydrogen-bond acceptors (Lipinski definition) is 3. The molecule has 2 aromatic rings. The van der Waals surface area contributed by atoms with E-state index in [1.807, 2.05) is 33.0 Å². The Morgan fingerprint density at radius 1 is 1.26 bits per heavy atom. The molecule has 0 bridgehead atoms. The van der Waals surface area contributed by atoms with Crippen LogP contribution in [-0.4, -0.2) is 18.2 Å². The summed E-state index contributed by atoms with van der Waals surface area (Å²) in [6.45, 7) is 10.1. The number of nitrogens with zero attached hydrogens (tertiary/aromatic N) is 2. The standard InChI is InChI=1S/C21H27FN3O2/c1-20(2,3)27-19(26)24-13-21(4,5)18-17(24)11-15(12-25(18)23)10-14-6-8-16(22)9-7-14/h6-9,11-12H,10,13,23H2,1-5H3/q+1. The van der Waals surface area contributed by atoms with Crippen molar-refractivity contribution < 1.29 is 18.6 Å². The van der Waals surface area contributed by atoms with Crippen molar-refractivity contribution in [3.05, 3.63) is 59.2 Å². The number of fused-ring (bicyclic) bond motifs is 1. The number of hydrogen-bond donors (Lipinski definition) is 1. The predicted molar refractivity (Wildman–Crippen MR) is 103 cm³/mol. The zero-order chi connectivity index (χ0) is 20.0. The first-order valence-corrected chi connectivity index (χ1v) is 9.05. The fraction of sp³-hybridized carbons (Fsp3) is 0.429. The molecule has 0 saturated carbocycles. The van der Waals surface area contributed by atoms with Gasteiger partial charge in [-0.05, 0) is 58.4 Å². The number of amides is 1. The molecule has 6 heteroatoms. The monoisotopic (exact) mass is 372 g/mol. The summed E-state index contributed by atoms with van der Waals surface area (Å²) in [5, 5.41) is 0. The van der Waals surface area contributed by atoms with Crippen LogP contribution < -0.4 is 15.4 Å². The van der Waals surface area contributed by atoms with E-state index in [4.69, 9.17) is 10.6 Å². The van der Waals surface area contributed by atoms with Gasteiger partial charge in [-0.15, -0.1) is 0 Å². The number of halogens is 1. The number of ether oxygens (including phenoxy) is 1. The van der Waals surface area contributed by atoms with Crippen LogP contribution in [0.2, 0.25) is 0 Å². The summed E-state index contributed by atoms with van der Waals surface area (Å²) in [5.41, 5.74) is 2.68. The maximum absolute atomic E-state index is 13.1. The van der Waals surface area contributed by atoms with Crippen molar-refractivity contribution in [1.29, 1.82) is 0 Å². The van der Waals surface area contributed by atoms with E-state index < -0.39 is 5.60 Å². The molecule has 1 amide bonds. The Labute approximate surface area is 159 Å². The summed E-state index contributed by atoms with van der Waals surface area (Å²) >= 11 is 0. The Balaban J connectivity index is 1.98. The minimum atomic E-state index is -0.575. The maximum atomic E-state index is 13.1. The maximum Gasteiger partial charge on any atom is 0.415 e. The van der Waals surface area contributed by atoms with Crippen LogP contribution in [-0.2, 0) is 16.6 Å². The van der Waals surface area contributed by atoms with Crippen molar-refractivity contribution in [2.24, 2.45) is 0 Å². The molecule has 1 aliphatic rings. The number of anilines is 1. The average molecular weight is 372 g/mol. The highest BCUT2D eigenvalue weighted by atomic mass is 19.1. The number of aromatic nitrogens is 1. The normalized spacial score (nSPS) is 15.6. The molecule has 2 N–H and O–H groups in total. The van der Waals surface area contributed by atoms with Crippen molar-refractivity contribution in [1.82, 2.24) is 0 Å². The number of carbonyl (C=O) groups excluding carboxylic acids is 1. The van der Waals surface area contributed by atoms with Gasteiger partial charge in [-0.1, -0.05) is 16.8 Å². The zero-order valence-corrected chi connectivity index (χ0v) is 16.5. The van der Waals surface area contributed by atoms with Crippen LogP contribution in [0.15, 0.2) is 36.5 Å². The second-order valence-electron chi connectivity index (χ2n) is 8.74. The van der Waals surface area contributed by atoms with Gasteiger partial charge in [0.2, 0.25) is 11.9 Å². The molecular weight excluding hydrogens is 345 g/mol.